The van der Waals surface area contributed by atoms with E-state index in [1.807, 2.05) is 26.0 Å². The standard InChI is InChI=1S/C12H17Br2NO2/c1-3-12(2,7-16)15-6-8-4-9(13)11(17)10(14)5-8/h4-5,15-17H,3,6-7H2,1-2H3. The van der Waals surface area contributed by atoms with Gasteiger partial charge in [0.1, 0.15) is 5.75 Å². The molecule has 0 amide bonds. The molecule has 0 radical (unpaired) electrons. The topological polar surface area (TPSA) is 52.5 Å². The summed E-state index contributed by atoms with van der Waals surface area (Å²) in [5.41, 5.74) is 0.770. The van der Waals surface area contributed by atoms with Crippen molar-refractivity contribution in [1.29, 1.82) is 0 Å². The molecule has 0 aliphatic rings. The van der Waals surface area contributed by atoms with E-state index in [1.54, 1.807) is 0 Å². The van der Waals surface area contributed by atoms with Crippen molar-refractivity contribution in [3.05, 3.63) is 26.6 Å². The summed E-state index contributed by atoms with van der Waals surface area (Å²) in [7, 11) is 0. The minimum atomic E-state index is -0.267. The Bertz CT molecular complexity index is 369. The van der Waals surface area contributed by atoms with E-state index in [-0.39, 0.29) is 17.9 Å². The van der Waals surface area contributed by atoms with Crippen molar-refractivity contribution in [3.8, 4) is 5.75 Å². The molecular weight excluding hydrogens is 350 g/mol. The SMILES string of the molecule is CCC(C)(CO)NCc1cc(Br)c(O)c(Br)c1. The lowest BCUT2D eigenvalue weighted by Crippen LogP contribution is -2.44. The molecule has 0 saturated carbocycles. The van der Waals surface area contributed by atoms with Crippen molar-refractivity contribution in [2.24, 2.45) is 0 Å². The lowest BCUT2D eigenvalue weighted by atomic mass is 10.00. The molecule has 0 aromatic heterocycles. The highest BCUT2D eigenvalue weighted by Gasteiger charge is 2.19. The predicted molar refractivity (Wildman–Crippen MR) is 76.1 cm³/mol. The van der Waals surface area contributed by atoms with E-state index < -0.39 is 0 Å². The first kappa shape index (κ1) is 15.0. The molecule has 0 bridgehead atoms. The van der Waals surface area contributed by atoms with Crippen LogP contribution in [0.25, 0.3) is 0 Å². The van der Waals surface area contributed by atoms with Gasteiger partial charge in [0.25, 0.3) is 0 Å². The summed E-state index contributed by atoms with van der Waals surface area (Å²) in [4.78, 5) is 0. The Hall–Kier alpha value is -0.100. The third kappa shape index (κ3) is 3.95. The third-order valence-corrected chi connectivity index (χ3v) is 4.13. The highest BCUT2D eigenvalue weighted by atomic mass is 79.9. The Morgan fingerprint density at radius 3 is 2.24 bits per heavy atom. The summed E-state index contributed by atoms with van der Waals surface area (Å²) in [5, 5.41) is 22.2. The van der Waals surface area contributed by atoms with Crippen LogP contribution in [0.15, 0.2) is 21.1 Å². The quantitative estimate of drug-likeness (QED) is 0.750. The highest BCUT2D eigenvalue weighted by Crippen LogP contribution is 2.33. The van der Waals surface area contributed by atoms with Crippen LogP contribution in [0.5, 0.6) is 5.75 Å². The second-order valence-corrected chi connectivity index (χ2v) is 6.04. The van der Waals surface area contributed by atoms with Crippen molar-refractivity contribution < 1.29 is 10.2 Å². The van der Waals surface area contributed by atoms with Crippen LogP contribution < -0.4 is 5.32 Å². The van der Waals surface area contributed by atoms with Crippen molar-refractivity contribution >= 4 is 31.9 Å². The van der Waals surface area contributed by atoms with E-state index in [0.29, 0.717) is 15.5 Å². The van der Waals surface area contributed by atoms with Crippen molar-refractivity contribution in [2.75, 3.05) is 6.61 Å². The summed E-state index contributed by atoms with van der Waals surface area (Å²) < 4.78 is 1.32. The molecule has 1 unspecified atom stereocenters. The molecule has 17 heavy (non-hydrogen) atoms. The fourth-order valence-electron chi connectivity index (χ4n) is 1.33. The minimum Gasteiger partial charge on any atom is -0.506 e. The molecule has 0 heterocycles. The van der Waals surface area contributed by atoms with E-state index in [2.05, 4.69) is 37.2 Å². The van der Waals surface area contributed by atoms with E-state index in [1.165, 1.54) is 0 Å². The summed E-state index contributed by atoms with van der Waals surface area (Å²) in [5.74, 6) is 0.203. The molecule has 5 heteroatoms. The maximum atomic E-state index is 9.60. The number of phenolic OH excluding ortho intramolecular Hbond substituents is 1. The van der Waals surface area contributed by atoms with Gasteiger partial charge >= 0.3 is 0 Å². The molecular formula is C12H17Br2NO2. The van der Waals surface area contributed by atoms with Crippen LogP contribution in [-0.4, -0.2) is 22.4 Å². The first-order valence-electron chi connectivity index (χ1n) is 5.44. The van der Waals surface area contributed by atoms with Crippen molar-refractivity contribution in [1.82, 2.24) is 5.32 Å². The minimum absolute atomic E-state index is 0.101. The van der Waals surface area contributed by atoms with Crippen LogP contribution in [0.1, 0.15) is 25.8 Å². The first-order chi connectivity index (χ1) is 7.91. The Kier molecular flexibility index (Phi) is 5.44. The fraction of sp³-hybridized carbons (Fsp3) is 0.500. The van der Waals surface area contributed by atoms with E-state index in [9.17, 15) is 10.2 Å². The van der Waals surface area contributed by atoms with E-state index in [4.69, 9.17) is 0 Å². The van der Waals surface area contributed by atoms with Crippen LogP contribution in [0.2, 0.25) is 0 Å². The lowest BCUT2D eigenvalue weighted by Gasteiger charge is -2.27. The Morgan fingerprint density at radius 2 is 1.82 bits per heavy atom. The van der Waals surface area contributed by atoms with E-state index in [0.717, 1.165) is 12.0 Å². The Morgan fingerprint density at radius 1 is 1.29 bits per heavy atom. The normalized spacial score (nSPS) is 14.6. The summed E-state index contributed by atoms with van der Waals surface area (Å²) in [6, 6.07) is 3.72. The number of hydrogen-bond acceptors (Lipinski definition) is 3. The molecule has 0 aliphatic heterocycles. The Balaban J connectivity index is 2.76. The summed E-state index contributed by atoms with van der Waals surface area (Å²) in [6.07, 6.45) is 0.851. The van der Waals surface area contributed by atoms with Gasteiger partial charge in [-0.3, -0.25) is 0 Å². The second kappa shape index (κ2) is 6.18. The number of aliphatic hydroxyl groups is 1. The number of phenols is 1. The molecule has 3 N–H and O–H groups in total. The molecule has 1 aromatic carbocycles. The average Bonchev–Trinajstić information content (AvgIpc) is 2.32. The van der Waals surface area contributed by atoms with Gasteiger partial charge in [0.05, 0.1) is 15.6 Å². The maximum Gasteiger partial charge on any atom is 0.143 e. The first-order valence-corrected chi connectivity index (χ1v) is 7.03. The summed E-state index contributed by atoms with van der Waals surface area (Å²) >= 11 is 6.59. The molecule has 0 spiro atoms. The molecule has 1 rings (SSSR count). The van der Waals surface area contributed by atoms with Crippen LogP contribution >= 0.6 is 31.9 Å². The van der Waals surface area contributed by atoms with Gasteiger partial charge in [-0.05, 0) is 62.9 Å². The number of nitrogens with one attached hydrogen (secondary N) is 1. The van der Waals surface area contributed by atoms with Crippen LogP contribution in [-0.2, 0) is 6.54 Å². The maximum absolute atomic E-state index is 9.60. The third-order valence-electron chi connectivity index (χ3n) is 2.93. The van der Waals surface area contributed by atoms with Gasteiger partial charge in [0.2, 0.25) is 0 Å². The number of benzene rings is 1. The van der Waals surface area contributed by atoms with Gasteiger partial charge in [-0.15, -0.1) is 0 Å². The largest absolute Gasteiger partial charge is 0.506 e. The van der Waals surface area contributed by atoms with Gasteiger partial charge in [0, 0.05) is 12.1 Å². The Labute approximate surface area is 118 Å². The van der Waals surface area contributed by atoms with Gasteiger partial charge in [-0.2, -0.15) is 0 Å². The number of rotatable bonds is 5. The van der Waals surface area contributed by atoms with Gasteiger partial charge < -0.3 is 15.5 Å². The number of hydrogen-bond donors (Lipinski definition) is 3. The highest BCUT2D eigenvalue weighted by molar-refractivity contribution is 9.11. The smallest absolute Gasteiger partial charge is 0.143 e. The van der Waals surface area contributed by atoms with Crippen LogP contribution in [0, 0.1) is 0 Å². The number of aliphatic hydroxyl groups excluding tert-OH is 1. The van der Waals surface area contributed by atoms with Crippen LogP contribution in [0.4, 0.5) is 0 Å². The average molecular weight is 367 g/mol. The van der Waals surface area contributed by atoms with Crippen molar-refractivity contribution in [2.45, 2.75) is 32.4 Å². The molecule has 0 fully saturated rings. The van der Waals surface area contributed by atoms with Gasteiger partial charge in [-0.25, -0.2) is 0 Å². The van der Waals surface area contributed by atoms with Crippen LogP contribution in [0.3, 0.4) is 0 Å². The molecule has 1 atom stereocenters. The van der Waals surface area contributed by atoms with Gasteiger partial charge in [-0.1, -0.05) is 6.92 Å². The lowest BCUT2D eigenvalue weighted by molar-refractivity contribution is 0.169. The second-order valence-electron chi connectivity index (χ2n) is 4.33. The zero-order chi connectivity index (χ0) is 13.1. The monoisotopic (exact) mass is 365 g/mol. The molecule has 96 valence electrons. The van der Waals surface area contributed by atoms with E-state index >= 15 is 0 Å². The summed E-state index contributed by atoms with van der Waals surface area (Å²) in [6.45, 7) is 4.76. The number of halogens is 2. The number of aromatic hydroxyl groups is 1. The zero-order valence-electron chi connectivity index (χ0n) is 9.93. The predicted octanol–water partition coefficient (Wildman–Crippen LogP) is 3.17. The van der Waals surface area contributed by atoms with Crippen molar-refractivity contribution in [3.63, 3.8) is 0 Å². The van der Waals surface area contributed by atoms with Gasteiger partial charge in [0.15, 0.2) is 0 Å². The molecule has 1 aromatic rings. The molecule has 3 nitrogen and oxygen atoms in total. The molecule has 0 aliphatic carbocycles. The molecule has 0 saturated heterocycles. The zero-order valence-corrected chi connectivity index (χ0v) is 13.1. The fourth-order valence-corrected chi connectivity index (χ4v) is 2.61.